The van der Waals surface area contributed by atoms with E-state index in [1.807, 2.05) is 30.3 Å². The molecule has 6 rings (SSSR count). The minimum atomic E-state index is 0.100. The number of alkyl halides is 1. The van der Waals surface area contributed by atoms with Gasteiger partial charge < -0.3 is 14.8 Å². The van der Waals surface area contributed by atoms with Gasteiger partial charge in [0.1, 0.15) is 6.61 Å². The highest BCUT2D eigenvalue weighted by Crippen LogP contribution is 2.65. The van der Waals surface area contributed by atoms with E-state index in [4.69, 9.17) is 9.47 Å². The van der Waals surface area contributed by atoms with Crippen LogP contribution in [-0.2, 0) is 11.4 Å². The number of amides is 1. The van der Waals surface area contributed by atoms with Gasteiger partial charge in [-0.3, -0.25) is 9.78 Å². The predicted octanol–water partition coefficient (Wildman–Crippen LogP) is 5.73. The molecule has 4 saturated carbocycles. The van der Waals surface area contributed by atoms with E-state index >= 15 is 0 Å². The van der Waals surface area contributed by atoms with E-state index in [0.717, 1.165) is 29.5 Å². The van der Waals surface area contributed by atoms with Crippen LogP contribution in [0.2, 0.25) is 0 Å². The summed E-state index contributed by atoms with van der Waals surface area (Å²) in [5, 5.41) is 3.12. The van der Waals surface area contributed by atoms with Gasteiger partial charge in [0, 0.05) is 34.9 Å². The number of carbonyl (C=O) groups is 1. The SMILES string of the molecule is COc1ccc(NC(=O)CC23CC4CC(CC(Br)(C4)C2)C3)cc1OCc1ccncc1. The number of anilines is 1. The summed E-state index contributed by atoms with van der Waals surface area (Å²) in [5.41, 5.74) is 1.93. The molecule has 1 aromatic heterocycles. The van der Waals surface area contributed by atoms with Crippen LogP contribution in [0.15, 0.2) is 42.7 Å². The zero-order chi connectivity index (χ0) is 21.5. The molecule has 6 heteroatoms. The van der Waals surface area contributed by atoms with Crippen molar-refractivity contribution in [2.24, 2.45) is 17.3 Å². The van der Waals surface area contributed by atoms with Gasteiger partial charge in [-0.1, -0.05) is 15.9 Å². The Morgan fingerprint density at radius 2 is 1.87 bits per heavy atom. The van der Waals surface area contributed by atoms with Crippen molar-refractivity contribution in [3.63, 3.8) is 0 Å². The molecule has 1 aromatic carbocycles. The van der Waals surface area contributed by atoms with Gasteiger partial charge in [-0.15, -0.1) is 0 Å². The van der Waals surface area contributed by atoms with E-state index in [2.05, 4.69) is 26.2 Å². The molecule has 1 amide bonds. The smallest absolute Gasteiger partial charge is 0.224 e. The standard InChI is InChI=1S/C25H29BrN2O3/c1-30-21-3-2-20(9-22(21)31-15-17-4-6-27-7-5-17)28-23(29)14-24-10-18-8-19(11-24)13-25(26,12-18)16-24/h2-7,9,18-19H,8,10-16H2,1H3,(H,28,29). The molecule has 1 N–H and O–H groups in total. The highest BCUT2D eigenvalue weighted by atomic mass is 79.9. The molecule has 0 spiro atoms. The van der Waals surface area contributed by atoms with Crippen LogP contribution in [0.1, 0.15) is 50.5 Å². The Labute approximate surface area is 192 Å². The maximum Gasteiger partial charge on any atom is 0.224 e. The summed E-state index contributed by atoms with van der Waals surface area (Å²) >= 11 is 4.05. The Balaban J connectivity index is 1.26. The van der Waals surface area contributed by atoms with Crippen LogP contribution in [0.5, 0.6) is 11.5 Å². The molecule has 4 fully saturated rings. The summed E-state index contributed by atoms with van der Waals surface area (Å²) in [6, 6.07) is 9.40. The van der Waals surface area contributed by atoms with Gasteiger partial charge in [0.15, 0.2) is 11.5 Å². The number of rotatable bonds is 7. The number of nitrogens with zero attached hydrogens (tertiary/aromatic N) is 1. The lowest BCUT2D eigenvalue weighted by Crippen LogP contribution is -2.53. The molecule has 2 unspecified atom stereocenters. The molecule has 0 aliphatic heterocycles. The molecule has 2 aromatic rings. The molecular weight excluding hydrogens is 456 g/mol. The first-order chi connectivity index (χ1) is 14.9. The monoisotopic (exact) mass is 484 g/mol. The number of halogens is 1. The average molecular weight is 485 g/mol. The Kier molecular flexibility index (Phi) is 5.45. The third kappa shape index (κ3) is 4.45. The first kappa shape index (κ1) is 20.8. The van der Waals surface area contributed by atoms with Crippen molar-refractivity contribution in [3.05, 3.63) is 48.3 Å². The van der Waals surface area contributed by atoms with E-state index in [9.17, 15) is 4.79 Å². The van der Waals surface area contributed by atoms with Gasteiger partial charge in [0.2, 0.25) is 5.91 Å². The Morgan fingerprint density at radius 3 is 2.55 bits per heavy atom. The summed E-state index contributed by atoms with van der Waals surface area (Å²) in [7, 11) is 1.62. The lowest BCUT2D eigenvalue weighted by Gasteiger charge is -2.60. The number of pyridine rings is 1. The number of benzene rings is 1. The molecule has 31 heavy (non-hydrogen) atoms. The summed E-state index contributed by atoms with van der Waals surface area (Å²) in [6.45, 7) is 0.412. The molecule has 5 nitrogen and oxygen atoms in total. The summed E-state index contributed by atoms with van der Waals surface area (Å²) < 4.78 is 11.7. The fourth-order valence-corrected chi connectivity index (χ4v) is 8.11. The maximum absolute atomic E-state index is 13.0. The second kappa shape index (κ2) is 8.12. The van der Waals surface area contributed by atoms with Crippen molar-refractivity contribution in [1.82, 2.24) is 4.98 Å². The second-order valence-electron chi connectivity index (χ2n) is 9.85. The molecule has 4 aliphatic rings. The van der Waals surface area contributed by atoms with Crippen LogP contribution in [0.3, 0.4) is 0 Å². The third-order valence-electron chi connectivity index (χ3n) is 7.24. The van der Waals surface area contributed by atoms with Crippen LogP contribution in [-0.4, -0.2) is 22.3 Å². The van der Waals surface area contributed by atoms with Crippen LogP contribution in [0, 0.1) is 17.3 Å². The van der Waals surface area contributed by atoms with Crippen molar-refractivity contribution in [1.29, 1.82) is 0 Å². The summed E-state index contributed by atoms with van der Waals surface area (Å²) in [4.78, 5) is 17.1. The van der Waals surface area contributed by atoms with Gasteiger partial charge in [-0.05, 0) is 85.6 Å². The summed E-state index contributed by atoms with van der Waals surface area (Å²) in [6.07, 6.45) is 11.5. The lowest BCUT2D eigenvalue weighted by molar-refractivity contribution is -0.123. The average Bonchev–Trinajstić information content (AvgIpc) is 2.71. The predicted molar refractivity (Wildman–Crippen MR) is 124 cm³/mol. The molecule has 1 heterocycles. The molecular formula is C25H29BrN2O3. The van der Waals surface area contributed by atoms with Crippen LogP contribution >= 0.6 is 15.9 Å². The molecule has 2 atom stereocenters. The fourth-order valence-electron chi connectivity index (χ4n) is 6.60. The molecule has 4 aliphatic carbocycles. The Morgan fingerprint density at radius 1 is 1.13 bits per heavy atom. The van der Waals surface area contributed by atoms with E-state index in [1.165, 1.54) is 32.1 Å². The number of methoxy groups -OCH3 is 1. The largest absolute Gasteiger partial charge is 0.493 e. The van der Waals surface area contributed by atoms with Crippen molar-refractivity contribution < 1.29 is 14.3 Å². The highest BCUT2D eigenvalue weighted by Gasteiger charge is 2.57. The summed E-state index contributed by atoms with van der Waals surface area (Å²) in [5.74, 6) is 2.93. The van der Waals surface area contributed by atoms with Crippen molar-refractivity contribution in [2.45, 2.75) is 55.9 Å². The quantitative estimate of drug-likeness (QED) is 0.509. The van der Waals surface area contributed by atoms with Crippen LogP contribution in [0.25, 0.3) is 0 Å². The van der Waals surface area contributed by atoms with E-state index < -0.39 is 0 Å². The first-order valence-electron chi connectivity index (χ1n) is 11.1. The van der Waals surface area contributed by atoms with Crippen molar-refractivity contribution >= 4 is 27.5 Å². The maximum atomic E-state index is 13.0. The van der Waals surface area contributed by atoms with Crippen molar-refractivity contribution in [3.8, 4) is 11.5 Å². The minimum Gasteiger partial charge on any atom is -0.493 e. The van der Waals surface area contributed by atoms with Crippen LogP contribution < -0.4 is 14.8 Å². The van der Waals surface area contributed by atoms with E-state index in [1.54, 1.807) is 19.5 Å². The number of nitrogens with one attached hydrogen (secondary N) is 1. The molecule has 164 valence electrons. The van der Waals surface area contributed by atoms with Gasteiger partial charge in [0.25, 0.3) is 0 Å². The van der Waals surface area contributed by atoms with Gasteiger partial charge in [0.05, 0.1) is 7.11 Å². The van der Waals surface area contributed by atoms with E-state index in [-0.39, 0.29) is 15.6 Å². The van der Waals surface area contributed by atoms with Crippen LogP contribution in [0.4, 0.5) is 5.69 Å². The molecule has 4 bridgehead atoms. The number of ether oxygens (including phenoxy) is 2. The van der Waals surface area contributed by atoms with Gasteiger partial charge in [-0.2, -0.15) is 0 Å². The fraction of sp³-hybridized carbons (Fsp3) is 0.520. The topological polar surface area (TPSA) is 60.5 Å². The van der Waals surface area contributed by atoms with Gasteiger partial charge in [-0.25, -0.2) is 0 Å². The lowest BCUT2D eigenvalue weighted by atomic mass is 9.48. The normalized spacial score (nSPS) is 30.8. The number of hydrogen-bond acceptors (Lipinski definition) is 4. The zero-order valence-electron chi connectivity index (χ0n) is 17.9. The Bertz CT molecular complexity index is 950. The Hall–Kier alpha value is -2.08. The van der Waals surface area contributed by atoms with E-state index in [0.29, 0.717) is 24.5 Å². The first-order valence-corrected chi connectivity index (χ1v) is 11.9. The second-order valence-corrected chi connectivity index (χ2v) is 11.5. The minimum absolute atomic E-state index is 0.100. The van der Waals surface area contributed by atoms with Gasteiger partial charge >= 0.3 is 0 Å². The zero-order valence-corrected chi connectivity index (χ0v) is 19.5. The molecule has 0 saturated heterocycles. The molecule has 0 radical (unpaired) electrons. The number of hydrogen-bond donors (Lipinski definition) is 1. The third-order valence-corrected chi connectivity index (χ3v) is 8.17. The van der Waals surface area contributed by atoms with Crippen molar-refractivity contribution in [2.75, 3.05) is 12.4 Å². The number of aromatic nitrogens is 1. The number of carbonyl (C=O) groups excluding carboxylic acids is 1. The highest BCUT2D eigenvalue weighted by molar-refractivity contribution is 9.10.